The monoisotopic (exact) mass is 275 g/mol. The minimum atomic E-state index is -4.61. The van der Waals surface area contributed by atoms with Gasteiger partial charge < -0.3 is 16.4 Å². The number of anilines is 2. The summed E-state index contributed by atoms with van der Waals surface area (Å²) >= 11 is 0. The van der Waals surface area contributed by atoms with Crippen molar-refractivity contribution in [2.75, 3.05) is 17.6 Å². The quantitative estimate of drug-likeness (QED) is 0.754. The van der Waals surface area contributed by atoms with Crippen LogP contribution in [-0.4, -0.2) is 28.5 Å². The Morgan fingerprint density at radius 3 is 2.68 bits per heavy atom. The van der Waals surface area contributed by atoms with E-state index in [-0.39, 0.29) is 24.3 Å². The number of nitrogens with zero attached hydrogens (tertiary/aromatic N) is 2. The van der Waals surface area contributed by atoms with Crippen LogP contribution in [0.25, 0.3) is 0 Å². The maximum atomic E-state index is 12.5. The van der Waals surface area contributed by atoms with Crippen molar-refractivity contribution in [3.8, 4) is 0 Å². The van der Waals surface area contributed by atoms with E-state index in [2.05, 4.69) is 20.6 Å². The van der Waals surface area contributed by atoms with Gasteiger partial charge in [-0.3, -0.25) is 4.79 Å². The summed E-state index contributed by atoms with van der Waals surface area (Å²) in [6, 6.07) is 0.899. The average molecular weight is 275 g/mol. The maximum Gasteiger partial charge on any atom is 0.433 e. The maximum absolute atomic E-state index is 12.5. The Bertz CT molecular complexity index is 487. The number of rotatable bonds is 4. The molecular formula is C10H12F3N5O. The van der Waals surface area contributed by atoms with Gasteiger partial charge in [0.1, 0.15) is 5.82 Å². The molecule has 0 spiro atoms. The highest BCUT2D eigenvalue weighted by Crippen LogP contribution is 2.29. The van der Waals surface area contributed by atoms with Crippen LogP contribution in [-0.2, 0) is 11.0 Å². The minimum Gasteiger partial charge on any atom is -0.368 e. The number of amides is 1. The number of nitrogens with two attached hydrogens (primary N) is 1. The molecule has 0 bridgehead atoms. The predicted molar refractivity (Wildman–Crippen MR) is 61.1 cm³/mol. The average Bonchev–Trinajstić information content (AvgIpc) is 3.08. The molecule has 104 valence electrons. The molecular weight excluding hydrogens is 263 g/mol. The molecule has 19 heavy (non-hydrogen) atoms. The summed E-state index contributed by atoms with van der Waals surface area (Å²) in [7, 11) is 0. The van der Waals surface area contributed by atoms with E-state index in [9.17, 15) is 18.0 Å². The van der Waals surface area contributed by atoms with Crippen molar-refractivity contribution in [2.45, 2.75) is 25.1 Å². The van der Waals surface area contributed by atoms with Gasteiger partial charge in [0.2, 0.25) is 11.9 Å². The fourth-order valence-corrected chi connectivity index (χ4v) is 1.38. The molecule has 1 saturated carbocycles. The van der Waals surface area contributed by atoms with E-state index in [1.165, 1.54) is 0 Å². The number of nitrogen functional groups attached to an aromatic ring is 1. The summed E-state index contributed by atoms with van der Waals surface area (Å²) in [6.07, 6.45) is -2.74. The van der Waals surface area contributed by atoms with Crippen LogP contribution in [0.4, 0.5) is 24.9 Å². The zero-order valence-corrected chi connectivity index (χ0v) is 9.79. The van der Waals surface area contributed by atoms with Crippen LogP contribution in [0.1, 0.15) is 18.5 Å². The number of hydrogen-bond donors (Lipinski definition) is 3. The predicted octanol–water partition coefficient (Wildman–Crippen LogP) is 0.768. The Morgan fingerprint density at radius 1 is 1.42 bits per heavy atom. The molecule has 0 aromatic carbocycles. The molecule has 2 rings (SSSR count). The molecule has 1 aliphatic rings. The molecule has 9 heteroatoms. The Morgan fingerprint density at radius 2 is 2.11 bits per heavy atom. The summed E-state index contributed by atoms with van der Waals surface area (Å²) in [5.41, 5.74) is 4.04. The third-order valence-electron chi connectivity index (χ3n) is 2.41. The van der Waals surface area contributed by atoms with E-state index < -0.39 is 17.8 Å². The first-order valence-electron chi connectivity index (χ1n) is 5.59. The van der Waals surface area contributed by atoms with Gasteiger partial charge in [-0.1, -0.05) is 0 Å². The molecule has 1 heterocycles. The molecule has 1 aliphatic carbocycles. The van der Waals surface area contributed by atoms with Crippen LogP contribution in [0.3, 0.4) is 0 Å². The lowest BCUT2D eigenvalue weighted by atomic mass is 10.3. The number of hydrogen-bond acceptors (Lipinski definition) is 5. The van der Waals surface area contributed by atoms with Crippen LogP contribution in [0.15, 0.2) is 6.07 Å². The summed E-state index contributed by atoms with van der Waals surface area (Å²) in [6.45, 7) is -0.162. The fraction of sp³-hybridized carbons (Fsp3) is 0.500. The smallest absolute Gasteiger partial charge is 0.368 e. The lowest BCUT2D eigenvalue weighted by Crippen LogP contribution is -2.31. The van der Waals surface area contributed by atoms with E-state index in [1.54, 1.807) is 0 Å². The fourth-order valence-electron chi connectivity index (χ4n) is 1.38. The second-order valence-corrected chi connectivity index (χ2v) is 4.19. The topological polar surface area (TPSA) is 92.9 Å². The lowest BCUT2D eigenvalue weighted by molar-refractivity contribution is -0.141. The van der Waals surface area contributed by atoms with E-state index in [4.69, 9.17) is 5.73 Å². The highest BCUT2D eigenvalue weighted by molar-refractivity contribution is 5.81. The summed E-state index contributed by atoms with van der Waals surface area (Å²) < 4.78 is 37.4. The number of aromatic nitrogens is 2. The Hall–Kier alpha value is -2.06. The molecule has 0 aliphatic heterocycles. The second kappa shape index (κ2) is 4.90. The van der Waals surface area contributed by atoms with Gasteiger partial charge in [-0.2, -0.15) is 18.2 Å². The minimum absolute atomic E-state index is 0.134. The van der Waals surface area contributed by atoms with Crippen LogP contribution in [0, 0.1) is 0 Å². The molecule has 0 radical (unpaired) electrons. The molecule has 0 saturated heterocycles. The number of carbonyl (C=O) groups excluding carboxylic acids is 1. The van der Waals surface area contributed by atoms with Gasteiger partial charge in [-0.05, 0) is 12.8 Å². The molecule has 6 nitrogen and oxygen atoms in total. The van der Waals surface area contributed by atoms with Crippen LogP contribution < -0.4 is 16.4 Å². The van der Waals surface area contributed by atoms with Gasteiger partial charge in [-0.15, -0.1) is 0 Å². The number of alkyl halides is 3. The zero-order chi connectivity index (χ0) is 14.0. The number of halogens is 3. The van der Waals surface area contributed by atoms with Crippen molar-refractivity contribution in [3.63, 3.8) is 0 Å². The standard InChI is InChI=1S/C10H12F3N5O/c11-10(12,13)6-3-7(18-9(14)17-6)15-4-8(19)16-5-1-2-5/h3,5H,1-2,4H2,(H,16,19)(H3,14,15,17,18). The van der Waals surface area contributed by atoms with Crippen molar-refractivity contribution < 1.29 is 18.0 Å². The van der Waals surface area contributed by atoms with Gasteiger partial charge in [0.05, 0.1) is 6.54 Å². The molecule has 0 unspecified atom stereocenters. The first kappa shape index (κ1) is 13.4. The first-order chi connectivity index (χ1) is 8.84. The van der Waals surface area contributed by atoms with Crippen molar-refractivity contribution in [2.24, 2.45) is 0 Å². The molecule has 1 aromatic rings. The second-order valence-electron chi connectivity index (χ2n) is 4.19. The van der Waals surface area contributed by atoms with E-state index in [1.807, 2.05) is 0 Å². The zero-order valence-electron chi connectivity index (χ0n) is 9.79. The van der Waals surface area contributed by atoms with Gasteiger partial charge in [-0.25, -0.2) is 4.98 Å². The molecule has 1 fully saturated rings. The molecule has 4 N–H and O–H groups in total. The van der Waals surface area contributed by atoms with Gasteiger partial charge in [0.15, 0.2) is 5.69 Å². The summed E-state index contributed by atoms with van der Waals surface area (Å²) in [5.74, 6) is -0.932. The van der Waals surface area contributed by atoms with Crippen molar-refractivity contribution >= 4 is 17.7 Å². The highest BCUT2D eigenvalue weighted by atomic mass is 19.4. The third-order valence-corrected chi connectivity index (χ3v) is 2.41. The van der Waals surface area contributed by atoms with Gasteiger partial charge in [0, 0.05) is 12.1 Å². The summed E-state index contributed by atoms with van der Waals surface area (Å²) in [4.78, 5) is 18.0. The Balaban J connectivity index is 1.99. The van der Waals surface area contributed by atoms with Gasteiger partial charge in [0.25, 0.3) is 0 Å². The number of carbonyl (C=O) groups is 1. The van der Waals surface area contributed by atoms with Crippen LogP contribution in [0.5, 0.6) is 0 Å². The van der Waals surface area contributed by atoms with Crippen molar-refractivity contribution in [1.29, 1.82) is 0 Å². The van der Waals surface area contributed by atoms with E-state index in [0.29, 0.717) is 6.07 Å². The lowest BCUT2D eigenvalue weighted by Gasteiger charge is -2.10. The van der Waals surface area contributed by atoms with E-state index >= 15 is 0 Å². The highest BCUT2D eigenvalue weighted by Gasteiger charge is 2.33. The van der Waals surface area contributed by atoms with E-state index in [0.717, 1.165) is 12.8 Å². The molecule has 1 amide bonds. The first-order valence-corrected chi connectivity index (χ1v) is 5.59. The van der Waals surface area contributed by atoms with Crippen LogP contribution in [0.2, 0.25) is 0 Å². The van der Waals surface area contributed by atoms with Crippen LogP contribution >= 0.6 is 0 Å². The van der Waals surface area contributed by atoms with Gasteiger partial charge >= 0.3 is 6.18 Å². The Labute approximate surface area is 106 Å². The largest absolute Gasteiger partial charge is 0.433 e. The molecule has 0 atom stereocenters. The van der Waals surface area contributed by atoms with Crippen molar-refractivity contribution in [1.82, 2.24) is 15.3 Å². The summed E-state index contributed by atoms with van der Waals surface area (Å²) in [5, 5.41) is 5.17. The SMILES string of the molecule is Nc1nc(NCC(=O)NC2CC2)cc(C(F)(F)F)n1. The molecule has 1 aromatic heterocycles. The van der Waals surface area contributed by atoms with Crippen molar-refractivity contribution in [3.05, 3.63) is 11.8 Å². The normalized spacial score (nSPS) is 15.1. The Kier molecular flexibility index (Phi) is 3.45. The number of nitrogens with one attached hydrogen (secondary N) is 2. The third kappa shape index (κ3) is 3.97.